The zero-order chi connectivity index (χ0) is 24.7. The summed E-state index contributed by atoms with van der Waals surface area (Å²) in [5, 5.41) is 17.3. The molecule has 4 rings (SSSR count). The molecule has 0 amide bonds. The number of ether oxygens (including phenoxy) is 2. The van der Waals surface area contributed by atoms with E-state index >= 15 is 0 Å². The van der Waals surface area contributed by atoms with Gasteiger partial charge in [-0.2, -0.15) is 0 Å². The first kappa shape index (κ1) is 34.8. The molecule has 1 aromatic heterocycles. The molecule has 1 aromatic carbocycles. The molecule has 11 heteroatoms. The number of fused-ring (bicyclic) bond motifs is 1. The van der Waals surface area contributed by atoms with Gasteiger partial charge in [0.1, 0.15) is 16.5 Å². The van der Waals surface area contributed by atoms with E-state index in [-0.39, 0.29) is 114 Å². The van der Waals surface area contributed by atoms with E-state index < -0.39 is 6.16 Å². The molecule has 1 saturated carbocycles. The summed E-state index contributed by atoms with van der Waals surface area (Å²) in [6.45, 7) is 3.21. The number of unbranched alkanes of at least 4 members (excludes halogenated alkanes) is 1. The van der Waals surface area contributed by atoms with Crippen LogP contribution in [0.4, 0.5) is 4.79 Å². The zero-order valence-corrected chi connectivity index (χ0v) is 28.7. The zero-order valence-electron chi connectivity index (χ0n) is 21.0. The Morgan fingerprint density at radius 2 is 1.72 bits per heavy atom. The van der Waals surface area contributed by atoms with Crippen LogP contribution in [0, 0.1) is 11.3 Å². The average Bonchev–Trinajstić information content (AvgIpc) is 3.42. The molecule has 36 heavy (non-hydrogen) atoms. The largest absolute Gasteiger partial charge is 1.00 e. The molecule has 1 fully saturated rings. The fourth-order valence-electron chi connectivity index (χ4n) is 4.81. The van der Waals surface area contributed by atoms with Crippen molar-refractivity contribution in [1.29, 1.82) is 0 Å². The third-order valence-corrected chi connectivity index (χ3v) is 7.36. The van der Waals surface area contributed by atoms with E-state index in [1.807, 2.05) is 18.2 Å². The molecule has 0 radical (unpaired) electrons. The number of hydrogen-bond acceptors (Lipinski definition) is 7. The van der Waals surface area contributed by atoms with Crippen LogP contribution in [0.3, 0.4) is 0 Å². The third kappa shape index (κ3) is 9.16. The van der Waals surface area contributed by atoms with Gasteiger partial charge in [0.05, 0.1) is 24.4 Å². The fourth-order valence-corrected chi connectivity index (χ4v) is 5.31. The van der Waals surface area contributed by atoms with Crippen molar-refractivity contribution < 1.29 is 132 Å². The van der Waals surface area contributed by atoms with Crippen molar-refractivity contribution in [3.8, 4) is 11.5 Å². The van der Waals surface area contributed by atoms with Crippen molar-refractivity contribution in [2.45, 2.75) is 51.9 Å². The van der Waals surface area contributed by atoms with Crippen LogP contribution >= 0.6 is 23.2 Å². The first-order valence-corrected chi connectivity index (χ1v) is 12.1. The minimum atomic E-state index is -2.33. The van der Waals surface area contributed by atoms with Gasteiger partial charge in [-0.05, 0) is 67.9 Å². The van der Waals surface area contributed by atoms with Gasteiger partial charge in [-0.1, -0.05) is 43.0 Å². The van der Waals surface area contributed by atoms with E-state index in [9.17, 15) is 4.79 Å². The average molecular weight is 587 g/mol. The maximum absolute atomic E-state index is 13.2. The van der Waals surface area contributed by atoms with Gasteiger partial charge in [-0.25, -0.2) is 0 Å². The molecule has 0 saturated heterocycles. The van der Waals surface area contributed by atoms with E-state index in [0.29, 0.717) is 40.5 Å². The van der Waals surface area contributed by atoms with Crippen molar-refractivity contribution in [2.75, 3.05) is 13.2 Å². The van der Waals surface area contributed by atoms with Crippen LogP contribution in [0.1, 0.15) is 61.4 Å². The minimum absolute atomic E-state index is 0. The molecule has 2 aromatic rings. The first-order valence-electron chi connectivity index (χ1n) is 11.3. The number of hydrogen-bond donors (Lipinski definition) is 0. The number of halogens is 2. The second-order valence-electron chi connectivity index (χ2n) is 8.78. The molecule has 0 spiro atoms. The summed E-state index contributed by atoms with van der Waals surface area (Å²) in [5.74, 6) is 1.91. The van der Waals surface area contributed by atoms with Crippen LogP contribution in [-0.2, 0) is 6.42 Å². The molecule has 184 valence electrons. The Balaban J connectivity index is 0.00000101. The summed E-state index contributed by atoms with van der Waals surface area (Å²) >= 11 is 13.0. The van der Waals surface area contributed by atoms with Gasteiger partial charge in [0.2, 0.25) is 0 Å². The van der Waals surface area contributed by atoms with Crippen LogP contribution in [-0.4, -0.2) is 30.1 Å². The van der Waals surface area contributed by atoms with Crippen molar-refractivity contribution in [3.05, 3.63) is 51.8 Å². The Labute approximate surface area is 306 Å². The summed E-state index contributed by atoms with van der Waals surface area (Å²) in [4.78, 5) is 25.6. The molecule has 1 heterocycles. The standard InChI is InChI=1S/C24H27Cl2NO3.CH2O3.2K/c1-24(17-7-2-3-8-17)14-16-13-19(21(25)22(26)20(16)23(24)28)30-12-5-4-11-29-18-9-6-10-27-15-18;2-1(3)4;;/h6,9-10,13,15,17H,2-5,7-8,11-12,14H2,1H3;(H2,2,3,4);;/q;;2*+1/p-2. The number of nitrogens with zero attached hydrogens (tertiary/aromatic N) is 1. The smallest absolute Gasteiger partial charge is 0.652 e. The molecule has 1 atom stereocenters. The fraction of sp³-hybridized carbons (Fsp3) is 0.480. The van der Waals surface area contributed by atoms with Crippen LogP contribution < -0.4 is 122 Å². The second kappa shape index (κ2) is 16.8. The maximum Gasteiger partial charge on any atom is 1.00 e. The molecule has 0 bridgehead atoms. The first-order chi connectivity index (χ1) is 16.2. The Morgan fingerprint density at radius 1 is 1.11 bits per heavy atom. The van der Waals surface area contributed by atoms with Crippen LogP contribution in [0.2, 0.25) is 10.0 Å². The number of benzene rings is 1. The van der Waals surface area contributed by atoms with E-state index in [2.05, 4.69) is 11.9 Å². The van der Waals surface area contributed by atoms with E-state index in [0.717, 1.165) is 43.4 Å². The summed E-state index contributed by atoms with van der Waals surface area (Å²) < 4.78 is 11.6. The van der Waals surface area contributed by atoms with Gasteiger partial charge in [-0.15, -0.1) is 0 Å². The predicted molar refractivity (Wildman–Crippen MR) is 124 cm³/mol. The number of carboxylic acid groups (broad SMARTS) is 2. The summed E-state index contributed by atoms with van der Waals surface area (Å²) in [7, 11) is 0. The number of aromatic nitrogens is 1. The number of carbonyl (C=O) groups is 2. The Kier molecular flexibility index (Phi) is 16.2. The molecule has 1 unspecified atom stereocenters. The van der Waals surface area contributed by atoms with Gasteiger partial charge in [-0.3, -0.25) is 9.78 Å². The van der Waals surface area contributed by atoms with Crippen LogP contribution in [0.25, 0.3) is 0 Å². The maximum atomic E-state index is 13.2. The summed E-state index contributed by atoms with van der Waals surface area (Å²) in [6.07, 6.45) is 8.12. The van der Waals surface area contributed by atoms with Gasteiger partial charge >= 0.3 is 103 Å². The number of Topliss-reactive ketones (excluding diaryl/α,β-unsaturated/α-hetero) is 1. The van der Waals surface area contributed by atoms with Crippen molar-refractivity contribution in [1.82, 2.24) is 4.98 Å². The molecule has 0 N–H and O–H groups in total. The van der Waals surface area contributed by atoms with Crippen LogP contribution in [0.15, 0.2) is 30.6 Å². The van der Waals surface area contributed by atoms with E-state index in [1.165, 1.54) is 12.8 Å². The number of pyridine rings is 1. The molecular formula is C25H27Cl2K2NO6. The third-order valence-electron chi connectivity index (χ3n) is 6.51. The van der Waals surface area contributed by atoms with Gasteiger partial charge in [0.15, 0.2) is 5.78 Å². The van der Waals surface area contributed by atoms with Gasteiger partial charge < -0.3 is 24.5 Å². The predicted octanol–water partition coefficient (Wildman–Crippen LogP) is -1.88. The summed E-state index contributed by atoms with van der Waals surface area (Å²) in [6, 6.07) is 5.66. The van der Waals surface area contributed by atoms with Gasteiger partial charge in [0.25, 0.3) is 0 Å². The van der Waals surface area contributed by atoms with E-state index in [4.69, 9.17) is 47.7 Å². The molecule has 2 aliphatic rings. The monoisotopic (exact) mass is 585 g/mol. The Bertz CT molecular complexity index is 1020. The Morgan fingerprint density at radius 3 is 2.31 bits per heavy atom. The number of carbonyl (C=O) groups excluding carboxylic acids is 2. The van der Waals surface area contributed by atoms with Crippen molar-refractivity contribution in [3.63, 3.8) is 0 Å². The summed E-state index contributed by atoms with van der Waals surface area (Å²) in [5.41, 5.74) is 1.21. The van der Waals surface area contributed by atoms with E-state index in [1.54, 1.807) is 12.4 Å². The molecule has 7 nitrogen and oxygen atoms in total. The number of rotatable bonds is 8. The quantitative estimate of drug-likeness (QED) is 0.263. The van der Waals surface area contributed by atoms with Crippen molar-refractivity contribution in [2.24, 2.45) is 11.3 Å². The second-order valence-corrected chi connectivity index (χ2v) is 9.54. The molecule has 0 aliphatic heterocycles. The Hall–Kier alpha value is 0.763. The van der Waals surface area contributed by atoms with Crippen LogP contribution in [0.5, 0.6) is 11.5 Å². The molecular weight excluding hydrogens is 559 g/mol. The normalized spacial score (nSPS) is 18.2. The minimum Gasteiger partial charge on any atom is -0.652 e. The SMILES string of the molecule is CC1(C2CCCC2)Cc2cc(OCCCCOc3cccnc3)c(Cl)c(Cl)c2C1=O.O=C([O-])[O-].[K+].[K+]. The topological polar surface area (TPSA) is 112 Å². The van der Waals surface area contributed by atoms with Crippen molar-refractivity contribution >= 4 is 35.1 Å². The number of ketones is 1. The van der Waals surface area contributed by atoms with Gasteiger partial charge in [0, 0.05) is 17.2 Å². The molecule has 2 aliphatic carbocycles.